The molecule has 0 saturated carbocycles. The highest BCUT2D eigenvalue weighted by atomic mass is 32.2. The van der Waals surface area contributed by atoms with Crippen LogP contribution in [0.4, 0.5) is 4.39 Å². The molecule has 1 atom stereocenters. The monoisotopic (exact) mass is 478 g/mol. The first-order valence-corrected chi connectivity index (χ1v) is 12.6. The van der Waals surface area contributed by atoms with Gasteiger partial charge in [0.15, 0.2) is 0 Å². The second-order valence-corrected chi connectivity index (χ2v) is 9.48. The summed E-state index contributed by atoms with van der Waals surface area (Å²) < 4.78 is 13.2. The first-order chi connectivity index (χ1) is 16.4. The van der Waals surface area contributed by atoms with Crippen LogP contribution in [0.3, 0.4) is 0 Å². The Morgan fingerprint density at radius 1 is 0.853 bits per heavy atom. The Kier molecular flexibility index (Phi) is 9.71. The first kappa shape index (κ1) is 25.5. The Hall–Kier alpha value is -3.12. The van der Waals surface area contributed by atoms with Gasteiger partial charge in [0, 0.05) is 24.8 Å². The highest BCUT2D eigenvalue weighted by Crippen LogP contribution is 2.19. The molecule has 0 aromatic heterocycles. The van der Waals surface area contributed by atoms with Gasteiger partial charge >= 0.3 is 0 Å². The second kappa shape index (κ2) is 12.9. The van der Waals surface area contributed by atoms with E-state index in [1.165, 1.54) is 23.9 Å². The molecule has 0 bridgehead atoms. The van der Waals surface area contributed by atoms with Crippen molar-refractivity contribution in [3.63, 3.8) is 0 Å². The lowest BCUT2D eigenvalue weighted by Gasteiger charge is -2.32. The lowest BCUT2D eigenvalue weighted by molar-refractivity contribution is -0.139. The molecule has 0 aliphatic rings. The summed E-state index contributed by atoms with van der Waals surface area (Å²) in [7, 11) is 0. The van der Waals surface area contributed by atoms with Gasteiger partial charge in [-0.3, -0.25) is 9.59 Å². The maximum Gasteiger partial charge on any atom is 0.243 e. The third kappa shape index (κ3) is 8.03. The summed E-state index contributed by atoms with van der Waals surface area (Å²) in [4.78, 5) is 28.4. The molecule has 3 aromatic rings. The van der Waals surface area contributed by atoms with E-state index in [0.29, 0.717) is 18.7 Å². The minimum absolute atomic E-state index is 0.0349. The van der Waals surface area contributed by atoms with Crippen LogP contribution in [0.25, 0.3) is 0 Å². The average Bonchev–Trinajstić information content (AvgIpc) is 2.83. The van der Waals surface area contributed by atoms with E-state index in [-0.39, 0.29) is 29.4 Å². The fraction of sp³-hybridized carbons (Fsp3) is 0.286. The van der Waals surface area contributed by atoms with E-state index in [1.807, 2.05) is 74.5 Å². The van der Waals surface area contributed by atoms with Gasteiger partial charge in [0.1, 0.15) is 11.9 Å². The molecular weight excluding hydrogens is 447 g/mol. The van der Waals surface area contributed by atoms with Gasteiger partial charge in [-0.15, -0.1) is 11.8 Å². The molecule has 0 saturated heterocycles. The minimum Gasteiger partial charge on any atom is -0.352 e. The first-order valence-electron chi connectivity index (χ1n) is 11.4. The fourth-order valence-electron chi connectivity index (χ4n) is 3.63. The van der Waals surface area contributed by atoms with E-state index in [4.69, 9.17) is 0 Å². The predicted molar refractivity (Wildman–Crippen MR) is 137 cm³/mol. The number of benzene rings is 3. The Labute approximate surface area is 205 Å². The van der Waals surface area contributed by atoms with Crippen molar-refractivity contribution >= 4 is 23.6 Å². The molecule has 4 nitrogen and oxygen atoms in total. The van der Waals surface area contributed by atoms with E-state index >= 15 is 0 Å². The van der Waals surface area contributed by atoms with E-state index in [2.05, 4.69) is 5.32 Å². The second-order valence-electron chi connectivity index (χ2n) is 8.50. The van der Waals surface area contributed by atoms with Crippen molar-refractivity contribution in [2.24, 2.45) is 0 Å². The zero-order valence-electron chi connectivity index (χ0n) is 19.6. The predicted octanol–water partition coefficient (Wildman–Crippen LogP) is 5.22. The fourth-order valence-corrected chi connectivity index (χ4v) is 4.51. The summed E-state index contributed by atoms with van der Waals surface area (Å²) in [5.41, 5.74) is 2.92. The zero-order chi connectivity index (χ0) is 24.3. The Morgan fingerprint density at radius 2 is 1.44 bits per heavy atom. The van der Waals surface area contributed by atoms with Gasteiger partial charge in [0.2, 0.25) is 11.8 Å². The van der Waals surface area contributed by atoms with Gasteiger partial charge in [-0.25, -0.2) is 4.39 Å². The molecule has 0 radical (unpaired) electrons. The van der Waals surface area contributed by atoms with E-state index in [0.717, 1.165) is 16.7 Å². The number of carbonyl (C=O) groups excluding carboxylic acids is 2. The number of carbonyl (C=O) groups is 2. The third-order valence-electron chi connectivity index (χ3n) is 5.31. The largest absolute Gasteiger partial charge is 0.352 e. The summed E-state index contributed by atoms with van der Waals surface area (Å²) in [5, 5.41) is 3.00. The smallest absolute Gasteiger partial charge is 0.243 e. The van der Waals surface area contributed by atoms with Crippen LogP contribution in [0, 0.1) is 5.82 Å². The van der Waals surface area contributed by atoms with Crippen LogP contribution in [0.1, 0.15) is 30.5 Å². The molecule has 3 aromatic carbocycles. The number of amides is 2. The minimum atomic E-state index is -0.635. The summed E-state index contributed by atoms with van der Waals surface area (Å²) in [6.45, 7) is 4.18. The highest BCUT2D eigenvalue weighted by Gasteiger charge is 2.30. The van der Waals surface area contributed by atoms with Gasteiger partial charge in [0.25, 0.3) is 0 Å². The normalized spacial score (nSPS) is 11.8. The topological polar surface area (TPSA) is 49.4 Å². The quantitative estimate of drug-likeness (QED) is 0.411. The number of nitrogens with zero attached hydrogens (tertiary/aromatic N) is 1. The summed E-state index contributed by atoms with van der Waals surface area (Å²) in [6, 6.07) is 25.1. The zero-order valence-corrected chi connectivity index (χ0v) is 20.4. The molecule has 0 spiro atoms. The Morgan fingerprint density at radius 3 is 2.03 bits per heavy atom. The van der Waals surface area contributed by atoms with Crippen LogP contribution in [-0.4, -0.2) is 34.6 Å². The van der Waals surface area contributed by atoms with Crippen LogP contribution < -0.4 is 5.32 Å². The van der Waals surface area contributed by atoms with Crippen LogP contribution >= 0.6 is 11.8 Å². The highest BCUT2D eigenvalue weighted by molar-refractivity contribution is 7.99. The molecule has 1 N–H and O–H groups in total. The van der Waals surface area contributed by atoms with E-state index in [9.17, 15) is 14.0 Å². The molecule has 0 heterocycles. The standard InChI is InChI=1S/C28H31FN2O2S/c1-21(2)30-28(33)26(17-22-9-5-3-6-10-22)31(18-23-11-7-4-8-12-23)27(32)20-34-19-24-13-15-25(29)16-14-24/h3-16,21,26H,17-20H2,1-2H3,(H,30,33)/t26-/m0/s1. The van der Waals surface area contributed by atoms with Crippen molar-refractivity contribution in [2.45, 2.75) is 44.6 Å². The number of hydrogen-bond acceptors (Lipinski definition) is 3. The maximum absolute atomic E-state index is 13.5. The third-order valence-corrected chi connectivity index (χ3v) is 6.29. The number of nitrogens with one attached hydrogen (secondary N) is 1. The van der Waals surface area contributed by atoms with Crippen LogP contribution in [0.2, 0.25) is 0 Å². The van der Waals surface area contributed by atoms with E-state index in [1.54, 1.807) is 17.0 Å². The van der Waals surface area contributed by atoms with E-state index < -0.39 is 6.04 Å². The van der Waals surface area contributed by atoms with Crippen molar-refractivity contribution in [1.82, 2.24) is 10.2 Å². The maximum atomic E-state index is 13.5. The van der Waals surface area contributed by atoms with Crippen LogP contribution in [0.5, 0.6) is 0 Å². The molecule has 0 aliphatic heterocycles. The molecule has 0 aliphatic carbocycles. The summed E-state index contributed by atoms with van der Waals surface area (Å²) in [6.07, 6.45) is 0.431. The molecule has 3 rings (SSSR count). The lowest BCUT2D eigenvalue weighted by atomic mass is 10.0. The van der Waals surface area contributed by atoms with Crippen molar-refractivity contribution < 1.29 is 14.0 Å². The van der Waals surface area contributed by atoms with Crippen molar-refractivity contribution in [3.8, 4) is 0 Å². The van der Waals surface area contributed by atoms with Crippen molar-refractivity contribution in [2.75, 3.05) is 5.75 Å². The van der Waals surface area contributed by atoms with Gasteiger partial charge < -0.3 is 10.2 Å². The van der Waals surface area contributed by atoms with Crippen LogP contribution in [-0.2, 0) is 28.3 Å². The summed E-state index contributed by atoms with van der Waals surface area (Å²) >= 11 is 1.46. The number of hydrogen-bond donors (Lipinski definition) is 1. The molecule has 2 amide bonds. The molecule has 0 unspecified atom stereocenters. The lowest BCUT2D eigenvalue weighted by Crippen LogP contribution is -2.52. The average molecular weight is 479 g/mol. The number of halogens is 1. The Balaban J connectivity index is 1.81. The van der Waals surface area contributed by atoms with Crippen molar-refractivity contribution in [1.29, 1.82) is 0 Å². The van der Waals surface area contributed by atoms with Gasteiger partial charge in [-0.2, -0.15) is 0 Å². The van der Waals surface area contributed by atoms with Crippen molar-refractivity contribution in [3.05, 3.63) is 107 Å². The van der Waals surface area contributed by atoms with Gasteiger partial charge in [-0.05, 0) is 42.7 Å². The molecule has 0 fully saturated rings. The summed E-state index contributed by atoms with van der Waals surface area (Å²) in [5.74, 6) is 0.276. The molecule has 178 valence electrons. The molecular formula is C28H31FN2O2S. The number of rotatable bonds is 11. The molecule has 6 heteroatoms. The van der Waals surface area contributed by atoms with Gasteiger partial charge in [-0.1, -0.05) is 72.8 Å². The van der Waals surface area contributed by atoms with Crippen LogP contribution in [0.15, 0.2) is 84.9 Å². The Bertz CT molecular complexity index is 1040. The SMILES string of the molecule is CC(C)NC(=O)[C@H](Cc1ccccc1)N(Cc1ccccc1)C(=O)CSCc1ccc(F)cc1. The van der Waals surface area contributed by atoms with Gasteiger partial charge in [0.05, 0.1) is 5.75 Å². The molecule has 34 heavy (non-hydrogen) atoms. The number of thioether (sulfide) groups is 1.